The van der Waals surface area contributed by atoms with Crippen molar-refractivity contribution < 1.29 is 52.4 Å². The van der Waals surface area contributed by atoms with Crippen LogP contribution in [0.4, 0.5) is 0 Å². The third-order valence-corrected chi connectivity index (χ3v) is 6.09. The first-order valence-corrected chi connectivity index (χ1v) is 14.4. The van der Waals surface area contributed by atoms with E-state index in [-0.39, 0.29) is 42.4 Å². The van der Waals surface area contributed by atoms with Crippen molar-refractivity contribution in [3.05, 3.63) is 115 Å². The molecular formula is C35H34O11. The number of hydrogen-bond acceptors (Lipinski definition) is 11. The molecule has 3 aromatic carbocycles. The summed E-state index contributed by atoms with van der Waals surface area (Å²) in [6.07, 6.45) is 4.58. The summed E-state index contributed by atoms with van der Waals surface area (Å²) >= 11 is 0. The first-order chi connectivity index (χ1) is 22.3. The van der Waals surface area contributed by atoms with Crippen molar-refractivity contribution in [2.24, 2.45) is 0 Å². The first kappa shape index (κ1) is 34.8. The third-order valence-electron chi connectivity index (χ3n) is 6.09. The summed E-state index contributed by atoms with van der Waals surface area (Å²) in [5, 5.41) is 0. The lowest BCUT2D eigenvalue weighted by Gasteiger charge is -2.09. The van der Waals surface area contributed by atoms with Gasteiger partial charge < -0.3 is 28.4 Å². The minimum Gasteiger partial charge on any atom is -0.494 e. The van der Waals surface area contributed by atoms with Gasteiger partial charge in [-0.25, -0.2) is 24.0 Å². The van der Waals surface area contributed by atoms with Crippen LogP contribution in [0.1, 0.15) is 56.8 Å². The second kappa shape index (κ2) is 18.8. The third kappa shape index (κ3) is 12.1. The minimum absolute atomic E-state index is 0.161. The van der Waals surface area contributed by atoms with E-state index in [1.807, 2.05) is 0 Å². The summed E-state index contributed by atoms with van der Waals surface area (Å²) in [6, 6.07) is 18.2. The van der Waals surface area contributed by atoms with Gasteiger partial charge in [-0.2, -0.15) is 0 Å². The van der Waals surface area contributed by atoms with Crippen molar-refractivity contribution >= 4 is 29.8 Å². The fraction of sp³-hybridized carbons (Fsp3) is 0.229. The molecule has 0 spiro atoms. The molecule has 0 unspecified atom stereocenters. The Labute approximate surface area is 266 Å². The lowest BCUT2D eigenvalue weighted by Crippen LogP contribution is -2.11. The normalized spacial score (nSPS) is 10.2. The molecule has 11 nitrogen and oxygen atoms in total. The van der Waals surface area contributed by atoms with Crippen LogP contribution >= 0.6 is 0 Å². The number of carbonyl (C=O) groups is 5. The van der Waals surface area contributed by atoms with Crippen LogP contribution in [0.3, 0.4) is 0 Å². The molecule has 0 saturated heterocycles. The van der Waals surface area contributed by atoms with E-state index in [1.165, 1.54) is 48.5 Å². The second-order valence-corrected chi connectivity index (χ2v) is 9.49. The van der Waals surface area contributed by atoms with E-state index in [0.717, 1.165) is 12.2 Å². The van der Waals surface area contributed by atoms with E-state index >= 15 is 0 Å². The summed E-state index contributed by atoms with van der Waals surface area (Å²) in [4.78, 5) is 59.3. The average Bonchev–Trinajstić information content (AvgIpc) is 3.08. The van der Waals surface area contributed by atoms with Gasteiger partial charge in [0.2, 0.25) is 0 Å². The number of esters is 5. The molecule has 0 amide bonds. The van der Waals surface area contributed by atoms with E-state index in [9.17, 15) is 24.0 Å². The van der Waals surface area contributed by atoms with Crippen LogP contribution < -0.4 is 14.2 Å². The molecule has 0 heterocycles. The van der Waals surface area contributed by atoms with Gasteiger partial charge in [0.15, 0.2) is 0 Å². The van der Waals surface area contributed by atoms with Crippen LogP contribution in [-0.2, 0) is 23.8 Å². The molecular weight excluding hydrogens is 596 g/mol. The van der Waals surface area contributed by atoms with Crippen LogP contribution in [0.25, 0.3) is 0 Å². The fourth-order valence-corrected chi connectivity index (χ4v) is 3.65. The zero-order valence-electron chi connectivity index (χ0n) is 25.1. The van der Waals surface area contributed by atoms with Gasteiger partial charge in [0.25, 0.3) is 0 Å². The van der Waals surface area contributed by atoms with Gasteiger partial charge in [0.05, 0.1) is 43.1 Å². The van der Waals surface area contributed by atoms with Crippen molar-refractivity contribution in [2.45, 2.75) is 25.7 Å². The van der Waals surface area contributed by atoms with Crippen molar-refractivity contribution in [2.75, 3.05) is 26.4 Å². The molecule has 0 aliphatic heterocycles. The van der Waals surface area contributed by atoms with E-state index < -0.39 is 29.8 Å². The van der Waals surface area contributed by atoms with Gasteiger partial charge in [-0.1, -0.05) is 13.2 Å². The number of carbonyl (C=O) groups excluding carboxylic acids is 5. The van der Waals surface area contributed by atoms with E-state index in [0.29, 0.717) is 43.6 Å². The molecule has 11 heteroatoms. The Kier molecular flexibility index (Phi) is 14.2. The molecule has 0 N–H and O–H groups in total. The van der Waals surface area contributed by atoms with Crippen LogP contribution in [0.5, 0.6) is 17.2 Å². The summed E-state index contributed by atoms with van der Waals surface area (Å²) in [5.74, 6) is -1.68. The van der Waals surface area contributed by atoms with Gasteiger partial charge >= 0.3 is 29.8 Å². The SMILES string of the molecule is C=CC(=O)OCCCCOC(=O)c1ccc(OC(=O)c2ccc(OC(=O)c3ccc(OCCCCOC(=O)C=C)cc3)cc2)cc1. The summed E-state index contributed by atoms with van der Waals surface area (Å²) in [6.45, 7) is 7.72. The number of ether oxygens (including phenoxy) is 6. The lowest BCUT2D eigenvalue weighted by atomic mass is 10.2. The Balaban J connectivity index is 1.39. The Morgan fingerprint density at radius 3 is 1.22 bits per heavy atom. The largest absolute Gasteiger partial charge is 0.494 e. The molecule has 46 heavy (non-hydrogen) atoms. The molecule has 0 bridgehead atoms. The Hall–Kier alpha value is -5.71. The summed E-state index contributed by atoms with van der Waals surface area (Å²) in [7, 11) is 0. The van der Waals surface area contributed by atoms with Crippen molar-refractivity contribution in [1.82, 2.24) is 0 Å². The zero-order valence-corrected chi connectivity index (χ0v) is 25.1. The standard InChI is InChI=1S/C35H34O11/c1-3-31(36)42-22-6-5-21-41-28-15-9-26(10-16-28)34(39)46-30-19-13-27(14-20-30)35(40)45-29-17-11-25(12-18-29)33(38)44-24-8-7-23-43-32(37)4-2/h3-4,9-20H,1-2,5-8,21-24H2. The zero-order chi connectivity index (χ0) is 33.1. The molecule has 240 valence electrons. The molecule has 0 radical (unpaired) electrons. The van der Waals surface area contributed by atoms with Crippen LogP contribution in [0.2, 0.25) is 0 Å². The smallest absolute Gasteiger partial charge is 0.343 e. The Morgan fingerprint density at radius 2 is 0.804 bits per heavy atom. The number of rotatable bonds is 18. The predicted molar refractivity (Wildman–Crippen MR) is 166 cm³/mol. The molecule has 0 aliphatic carbocycles. The van der Waals surface area contributed by atoms with E-state index in [1.54, 1.807) is 24.3 Å². The highest BCUT2D eigenvalue weighted by Gasteiger charge is 2.13. The van der Waals surface area contributed by atoms with Gasteiger partial charge in [0.1, 0.15) is 17.2 Å². The highest BCUT2D eigenvalue weighted by Crippen LogP contribution is 2.19. The monoisotopic (exact) mass is 630 g/mol. The van der Waals surface area contributed by atoms with Gasteiger partial charge in [-0.05, 0) is 98.5 Å². The van der Waals surface area contributed by atoms with Crippen LogP contribution in [0.15, 0.2) is 98.1 Å². The predicted octanol–water partition coefficient (Wildman–Crippen LogP) is 5.68. The van der Waals surface area contributed by atoms with Crippen LogP contribution in [-0.4, -0.2) is 56.3 Å². The van der Waals surface area contributed by atoms with Crippen molar-refractivity contribution in [3.63, 3.8) is 0 Å². The average molecular weight is 631 g/mol. The molecule has 0 aromatic heterocycles. The second-order valence-electron chi connectivity index (χ2n) is 9.49. The number of hydrogen-bond donors (Lipinski definition) is 0. The maximum Gasteiger partial charge on any atom is 0.343 e. The number of benzene rings is 3. The molecule has 0 atom stereocenters. The van der Waals surface area contributed by atoms with E-state index in [4.69, 9.17) is 28.4 Å². The molecule has 0 aliphatic rings. The summed E-state index contributed by atoms with van der Waals surface area (Å²) < 4.78 is 31.3. The minimum atomic E-state index is -0.640. The molecule has 0 saturated carbocycles. The highest BCUT2D eigenvalue weighted by molar-refractivity contribution is 5.93. The Morgan fingerprint density at radius 1 is 0.457 bits per heavy atom. The molecule has 3 rings (SSSR count). The topological polar surface area (TPSA) is 141 Å². The van der Waals surface area contributed by atoms with Gasteiger partial charge in [-0.15, -0.1) is 0 Å². The highest BCUT2D eigenvalue weighted by atomic mass is 16.5. The van der Waals surface area contributed by atoms with Gasteiger partial charge in [0, 0.05) is 12.2 Å². The molecule has 3 aromatic rings. The van der Waals surface area contributed by atoms with Crippen molar-refractivity contribution in [3.8, 4) is 17.2 Å². The van der Waals surface area contributed by atoms with E-state index in [2.05, 4.69) is 13.2 Å². The quantitative estimate of drug-likeness (QED) is 0.0564. The number of unbranched alkanes of at least 4 members (excludes halogenated alkanes) is 2. The first-order valence-electron chi connectivity index (χ1n) is 14.4. The molecule has 0 fully saturated rings. The summed E-state index contributed by atoms with van der Waals surface area (Å²) in [5.41, 5.74) is 0.820. The maximum absolute atomic E-state index is 12.6. The van der Waals surface area contributed by atoms with Crippen molar-refractivity contribution in [1.29, 1.82) is 0 Å². The maximum atomic E-state index is 12.6. The van der Waals surface area contributed by atoms with Gasteiger partial charge in [-0.3, -0.25) is 0 Å². The fourth-order valence-electron chi connectivity index (χ4n) is 3.65. The van der Waals surface area contributed by atoms with Crippen LogP contribution in [0, 0.1) is 0 Å². The Bertz CT molecular complexity index is 1490. The lowest BCUT2D eigenvalue weighted by molar-refractivity contribution is -0.138.